The molecular formula is C13H24N2O. The third kappa shape index (κ3) is 1.80. The summed E-state index contributed by atoms with van der Waals surface area (Å²) in [5.41, 5.74) is 0.520. The standard InChI is InChI=1S/C13H24N2O/c1-13(2)10-6-5-9(11(13)7-10)8-14-12(16)15(3)4/h9-11H,5-8H2,1-4H3,(H,14,16)/t9-,10-,11-/m0/s1. The van der Waals surface area contributed by atoms with Crippen LogP contribution in [-0.2, 0) is 0 Å². The minimum absolute atomic E-state index is 0.0410. The first-order chi connectivity index (χ1) is 7.43. The highest BCUT2D eigenvalue weighted by Crippen LogP contribution is 2.61. The van der Waals surface area contributed by atoms with Crippen molar-refractivity contribution >= 4 is 6.03 Å². The van der Waals surface area contributed by atoms with E-state index in [4.69, 9.17) is 0 Å². The number of carbonyl (C=O) groups is 1. The van der Waals surface area contributed by atoms with Gasteiger partial charge in [-0.1, -0.05) is 13.8 Å². The smallest absolute Gasteiger partial charge is 0.316 e. The second kappa shape index (κ2) is 3.94. The van der Waals surface area contributed by atoms with Gasteiger partial charge in [0, 0.05) is 20.6 Å². The first kappa shape index (κ1) is 11.7. The van der Waals surface area contributed by atoms with Crippen molar-refractivity contribution in [3.8, 4) is 0 Å². The number of hydrogen-bond acceptors (Lipinski definition) is 1. The van der Waals surface area contributed by atoms with Crippen molar-refractivity contribution in [2.75, 3.05) is 20.6 Å². The van der Waals surface area contributed by atoms with Crippen LogP contribution in [-0.4, -0.2) is 31.6 Å². The average molecular weight is 224 g/mol. The van der Waals surface area contributed by atoms with E-state index >= 15 is 0 Å². The van der Waals surface area contributed by atoms with Gasteiger partial charge in [-0.05, 0) is 42.4 Å². The minimum Gasteiger partial charge on any atom is -0.338 e. The van der Waals surface area contributed by atoms with Gasteiger partial charge in [-0.15, -0.1) is 0 Å². The van der Waals surface area contributed by atoms with Gasteiger partial charge >= 0.3 is 6.03 Å². The summed E-state index contributed by atoms with van der Waals surface area (Å²) in [4.78, 5) is 13.1. The number of nitrogens with zero attached hydrogens (tertiary/aromatic N) is 1. The molecule has 0 aromatic carbocycles. The Morgan fingerprint density at radius 1 is 1.38 bits per heavy atom. The van der Waals surface area contributed by atoms with Crippen LogP contribution in [0.25, 0.3) is 0 Å². The van der Waals surface area contributed by atoms with E-state index in [0.29, 0.717) is 11.3 Å². The molecule has 3 aliphatic carbocycles. The number of amides is 2. The van der Waals surface area contributed by atoms with Crippen LogP contribution in [0, 0.1) is 23.2 Å². The Hall–Kier alpha value is -0.730. The maximum Gasteiger partial charge on any atom is 0.316 e. The molecule has 0 saturated heterocycles. The molecular weight excluding hydrogens is 200 g/mol. The van der Waals surface area contributed by atoms with Gasteiger partial charge in [0.2, 0.25) is 0 Å². The van der Waals surface area contributed by atoms with Crippen LogP contribution in [0.2, 0.25) is 0 Å². The molecule has 3 fully saturated rings. The zero-order valence-corrected chi connectivity index (χ0v) is 10.9. The van der Waals surface area contributed by atoms with Crippen molar-refractivity contribution in [1.29, 1.82) is 0 Å². The summed E-state index contributed by atoms with van der Waals surface area (Å²) in [6.07, 6.45) is 4.04. The Bertz CT molecular complexity index is 284. The molecule has 0 radical (unpaired) electrons. The summed E-state index contributed by atoms with van der Waals surface area (Å²) in [6.45, 7) is 5.65. The van der Waals surface area contributed by atoms with Crippen LogP contribution in [0.1, 0.15) is 33.1 Å². The van der Waals surface area contributed by atoms with Crippen molar-refractivity contribution < 1.29 is 4.79 Å². The molecule has 1 N–H and O–H groups in total. The highest BCUT2D eigenvalue weighted by molar-refractivity contribution is 5.73. The SMILES string of the molecule is CN(C)C(=O)NC[C@@H]1CC[C@H]2C[C@@H]1C2(C)C. The first-order valence-electron chi connectivity index (χ1n) is 6.38. The fourth-order valence-electron chi connectivity index (χ4n) is 3.58. The quantitative estimate of drug-likeness (QED) is 0.767. The summed E-state index contributed by atoms with van der Waals surface area (Å²) in [5.74, 6) is 2.47. The zero-order valence-electron chi connectivity index (χ0n) is 10.9. The maximum atomic E-state index is 11.5. The molecule has 3 aliphatic rings. The zero-order chi connectivity index (χ0) is 11.9. The molecule has 3 heteroatoms. The summed E-state index contributed by atoms with van der Waals surface area (Å²) in [5, 5.41) is 3.03. The van der Waals surface area contributed by atoms with Gasteiger partial charge in [-0.25, -0.2) is 4.79 Å². The summed E-state index contributed by atoms with van der Waals surface area (Å²) >= 11 is 0. The van der Waals surface area contributed by atoms with E-state index < -0.39 is 0 Å². The maximum absolute atomic E-state index is 11.5. The number of carbonyl (C=O) groups excluding carboxylic acids is 1. The van der Waals surface area contributed by atoms with E-state index in [2.05, 4.69) is 19.2 Å². The van der Waals surface area contributed by atoms with Crippen molar-refractivity contribution in [2.45, 2.75) is 33.1 Å². The fraction of sp³-hybridized carbons (Fsp3) is 0.923. The van der Waals surface area contributed by atoms with E-state index in [-0.39, 0.29) is 6.03 Å². The Balaban J connectivity index is 1.85. The summed E-state index contributed by atoms with van der Waals surface area (Å²) < 4.78 is 0. The Labute approximate surface area is 98.6 Å². The topological polar surface area (TPSA) is 32.3 Å². The van der Waals surface area contributed by atoms with Gasteiger partial charge in [0.15, 0.2) is 0 Å². The average Bonchev–Trinajstić information content (AvgIpc) is 2.25. The predicted molar refractivity (Wildman–Crippen MR) is 65.2 cm³/mol. The molecule has 0 aromatic heterocycles. The van der Waals surface area contributed by atoms with E-state index in [1.165, 1.54) is 19.3 Å². The molecule has 3 rings (SSSR count). The first-order valence-corrected chi connectivity index (χ1v) is 6.38. The second-order valence-electron chi connectivity index (χ2n) is 6.28. The van der Waals surface area contributed by atoms with Gasteiger partial charge in [0.1, 0.15) is 0 Å². The van der Waals surface area contributed by atoms with Crippen LogP contribution in [0.5, 0.6) is 0 Å². The van der Waals surface area contributed by atoms with Crippen molar-refractivity contribution in [3.63, 3.8) is 0 Å². The van der Waals surface area contributed by atoms with E-state index in [0.717, 1.165) is 18.4 Å². The third-order valence-electron chi connectivity index (χ3n) is 4.92. The number of fused-ring (bicyclic) bond motifs is 2. The molecule has 0 aromatic rings. The number of urea groups is 1. The molecule has 0 aliphatic heterocycles. The largest absolute Gasteiger partial charge is 0.338 e. The molecule has 0 heterocycles. The summed E-state index contributed by atoms with van der Waals surface area (Å²) in [6, 6.07) is 0.0410. The van der Waals surface area contributed by atoms with Crippen molar-refractivity contribution in [3.05, 3.63) is 0 Å². The summed E-state index contributed by atoms with van der Waals surface area (Å²) in [7, 11) is 3.58. The number of nitrogens with one attached hydrogen (secondary N) is 1. The Morgan fingerprint density at radius 2 is 2.06 bits per heavy atom. The van der Waals surface area contributed by atoms with Gasteiger partial charge in [0.05, 0.1) is 0 Å². The van der Waals surface area contributed by atoms with Crippen LogP contribution < -0.4 is 5.32 Å². The van der Waals surface area contributed by atoms with Crippen LogP contribution in [0.4, 0.5) is 4.79 Å². The highest BCUT2D eigenvalue weighted by atomic mass is 16.2. The Morgan fingerprint density at radius 3 is 2.56 bits per heavy atom. The van der Waals surface area contributed by atoms with Crippen molar-refractivity contribution in [1.82, 2.24) is 10.2 Å². The monoisotopic (exact) mass is 224 g/mol. The lowest BCUT2D eigenvalue weighted by Crippen LogP contribution is -2.55. The Kier molecular flexibility index (Phi) is 2.89. The van der Waals surface area contributed by atoms with E-state index in [9.17, 15) is 4.79 Å². The lowest BCUT2D eigenvalue weighted by atomic mass is 9.45. The van der Waals surface area contributed by atoms with E-state index in [1.54, 1.807) is 19.0 Å². The van der Waals surface area contributed by atoms with Gasteiger partial charge < -0.3 is 10.2 Å². The molecule has 2 bridgehead atoms. The molecule has 92 valence electrons. The molecule has 2 amide bonds. The van der Waals surface area contributed by atoms with Gasteiger partial charge in [0.25, 0.3) is 0 Å². The van der Waals surface area contributed by atoms with Gasteiger partial charge in [-0.3, -0.25) is 0 Å². The predicted octanol–water partition coefficient (Wildman–Crippen LogP) is 2.33. The molecule has 0 unspecified atom stereocenters. The van der Waals surface area contributed by atoms with Crippen LogP contribution >= 0.6 is 0 Å². The van der Waals surface area contributed by atoms with Crippen molar-refractivity contribution in [2.24, 2.45) is 23.2 Å². The lowest BCUT2D eigenvalue weighted by Gasteiger charge is -2.60. The molecule has 0 spiro atoms. The fourth-order valence-corrected chi connectivity index (χ4v) is 3.58. The minimum atomic E-state index is 0.0410. The highest BCUT2D eigenvalue weighted by Gasteiger charge is 2.53. The molecule has 16 heavy (non-hydrogen) atoms. The van der Waals surface area contributed by atoms with Crippen LogP contribution in [0.3, 0.4) is 0 Å². The second-order valence-corrected chi connectivity index (χ2v) is 6.28. The molecule has 3 atom stereocenters. The van der Waals surface area contributed by atoms with E-state index in [1.807, 2.05) is 0 Å². The molecule has 3 saturated carbocycles. The molecule has 3 nitrogen and oxygen atoms in total. The number of rotatable bonds is 2. The number of hydrogen-bond donors (Lipinski definition) is 1. The third-order valence-corrected chi connectivity index (χ3v) is 4.92. The normalized spacial score (nSPS) is 35.1. The van der Waals surface area contributed by atoms with Gasteiger partial charge in [-0.2, -0.15) is 0 Å². The lowest BCUT2D eigenvalue weighted by molar-refractivity contribution is -0.103. The van der Waals surface area contributed by atoms with Crippen LogP contribution in [0.15, 0.2) is 0 Å².